The van der Waals surface area contributed by atoms with Gasteiger partial charge in [0.15, 0.2) is 5.96 Å². The fraction of sp³-hybridized carbons (Fsp3) is 0.368. The molecule has 0 radical (unpaired) electrons. The molecule has 2 aromatic rings. The Morgan fingerprint density at radius 1 is 1.19 bits per heavy atom. The lowest BCUT2D eigenvalue weighted by Crippen LogP contribution is -2.38. The molecule has 0 saturated heterocycles. The minimum atomic E-state index is -2.85. The summed E-state index contributed by atoms with van der Waals surface area (Å²) in [5.41, 5.74) is 3.98. The lowest BCUT2D eigenvalue weighted by molar-refractivity contribution is -0.0504. The van der Waals surface area contributed by atoms with Gasteiger partial charge in [0.1, 0.15) is 5.75 Å². The molecule has 0 unspecified atom stereocenters. The Balaban J connectivity index is 0.00000364. The molecule has 2 rings (SSSR count). The Kier molecular flexibility index (Phi) is 9.98. The van der Waals surface area contributed by atoms with Crippen LogP contribution in [0.1, 0.15) is 22.3 Å². The van der Waals surface area contributed by atoms with Crippen molar-refractivity contribution in [3.8, 4) is 5.75 Å². The third-order valence-electron chi connectivity index (χ3n) is 3.93. The van der Waals surface area contributed by atoms with Crippen LogP contribution in [-0.2, 0) is 13.0 Å². The number of benzene rings is 1. The SMILES string of the molecule is CN=C(NCCc1ccncc1C)NCc1cc(C)ccc1OC(F)F.I. The number of hydrogen-bond donors (Lipinski definition) is 2. The topological polar surface area (TPSA) is 58.5 Å². The summed E-state index contributed by atoms with van der Waals surface area (Å²) in [7, 11) is 1.67. The largest absolute Gasteiger partial charge is 0.434 e. The molecule has 1 aromatic heterocycles. The van der Waals surface area contributed by atoms with Crippen molar-refractivity contribution in [3.05, 3.63) is 58.9 Å². The molecule has 1 aromatic carbocycles. The number of nitrogens with zero attached hydrogens (tertiary/aromatic N) is 2. The maximum Gasteiger partial charge on any atom is 0.387 e. The molecule has 0 atom stereocenters. The molecule has 0 saturated carbocycles. The van der Waals surface area contributed by atoms with Crippen LogP contribution in [0.25, 0.3) is 0 Å². The third-order valence-corrected chi connectivity index (χ3v) is 3.93. The first-order chi connectivity index (χ1) is 12.5. The number of aromatic nitrogens is 1. The average molecular weight is 490 g/mol. The van der Waals surface area contributed by atoms with E-state index in [0.717, 1.165) is 17.5 Å². The zero-order valence-corrected chi connectivity index (χ0v) is 18.0. The summed E-state index contributed by atoms with van der Waals surface area (Å²) < 4.78 is 29.7. The Bertz CT molecular complexity index is 756. The Labute approximate surface area is 175 Å². The molecule has 1 heterocycles. The van der Waals surface area contributed by atoms with Crippen LogP contribution in [0.3, 0.4) is 0 Å². The molecule has 148 valence electrons. The van der Waals surface area contributed by atoms with Crippen molar-refractivity contribution < 1.29 is 13.5 Å². The molecule has 0 aliphatic carbocycles. The molecule has 0 bridgehead atoms. The van der Waals surface area contributed by atoms with Crippen molar-refractivity contribution in [2.75, 3.05) is 13.6 Å². The molecule has 0 amide bonds. The number of alkyl halides is 2. The van der Waals surface area contributed by atoms with E-state index in [0.29, 0.717) is 24.6 Å². The summed E-state index contributed by atoms with van der Waals surface area (Å²) in [6, 6.07) is 7.11. The number of pyridine rings is 1. The normalized spacial score (nSPS) is 11.1. The van der Waals surface area contributed by atoms with Gasteiger partial charge in [0.2, 0.25) is 0 Å². The zero-order valence-electron chi connectivity index (χ0n) is 15.6. The molecule has 2 N–H and O–H groups in total. The first-order valence-electron chi connectivity index (χ1n) is 8.38. The van der Waals surface area contributed by atoms with Gasteiger partial charge in [0.05, 0.1) is 0 Å². The highest BCUT2D eigenvalue weighted by atomic mass is 127. The highest BCUT2D eigenvalue weighted by molar-refractivity contribution is 14.0. The molecule has 8 heteroatoms. The molecular weight excluding hydrogens is 465 g/mol. The van der Waals surface area contributed by atoms with Gasteiger partial charge in [-0.2, -0.15) is 8.78 Å². The van der Waals surface area contributed by atoms with Crippen LogP contribution >= 0.6 is 24.0 Å². The van der Waals surface area contributed by atoms with Crippen molar-refractivity contribution in [1.29, 1.82) is 0 Å². The zero-order chi connectivity index (χ0) is 18.9. The summed E-state index contributed by atoms with van der Waals surface area (Å²) in [5, 5.41) is 6.35. The maximum atomic E-state index is 12.5. The van der Waals surface area contributed by atoms with E-state index in [2.05, 4.69) is 25.3 Å². The standard InChI is InChI=1S/C19H24F2N4O.HI/c1-13-4-5-17(26-18(20)21)16(10-13)12-25-19(22-3)24-9-7-15-6-8-23-11-14(15)2;/h4-6,8,10-11,18H,7,9,12H2,1-3H3,(H2,22,24,25);1H. The quantitative estimate of drug-likeness (QED) is 0.352. The predicted octanol–water partition coefficient (Wildman–Crippen LogP) is 3.83. The molecule has 5 nitrogen and oxygen atoms in total. The van der Waals surface area contributed by atoms with Crippen LogP contribution in [0.2, 0.25) is 0 Å². The summed E-state index contributed by atoms with van der Waals surface area (Å²) in [6.07, 6.45) is 4.45. The monoisotopic (exact) mass is 490 g/mol. The maximum absolute atomic E-state index is 12.5. The van der Waals surface area contributed by atoms with Crippen LogP contribution < -0.4 is 15.4 Å². The van der Waals surface area contributed by atoms with Gasteiger partial charge in [-0.25, -0.2) is 0 Å². The number of guanidine groups is 1. The van der Waals surface area contributed by atoms with Crippen molar-refractivity contribution in [2.24, 2.45) is 4.99 Å². The van der Waals surface area contributed by atoms with Gasteiger partial charge in [-0.3, -0.25) is 9.98 Å². The van der Waals surface area contributed by atoms with Gasteiger partial charge in [0, 0.05) is 38.1 Å². The van der Waals surface area contributed by atoms with E-state index < -0.39 is 6.61 Å². The van der Waals surface area contributed by atoms with Crippen LogP contribution in [0, 0.1) is 13.8 Å². The van der Waals surface area contributed by atoms with Crippen molar-refractivity contribution in [3.63, 3.8) is 0 Å². The van der Waals surface area contributed by atoms with Gasteiger partial charge >= 0.3 is 6.61 Å². The Hall–Kier alpha value is -1.97. The number of rotatable bonds is 7. The highest BCUT2D eigenvalue weighted by Crippen LogP contribution is 2.21. The molecular formula is C19H25F2IN4O. The molecule has 0 aliphatic rings. The second kappa shape index (κ2) is 11.7. The number of ether oxygens (including phenoxy) is 1. The molecule has 0 fully saturated rings. The fourth-order valence-electron chi connectivity index (χ4n) is 2.56. The van der Waals surface area contributed by atoms with Gasteiger partial charge in [-0.1, -0.05) is 17.7 Å². The minimum Gasteiger partial charge on any atom is -0.434 e. The molecule has 0 aliphatic heterocycles. The van der Waals surface area contributed by atoms with E-state index in [1.807, 2.05) is 32.2 Å². The summed E-state index contributed by atoms with van der Waals surface area (Å²) in [6.45, 7) is 2.10. The van der Waals surface area contributed by atoms with E-state index in [1.165, 1.54) is 5.56 Å². The van der Waals surface area contributed by atoms with Crippen molar-refractivity contribution in [2.45, 2.75) is 33.4 Å². The van der Waals surface area contributed by atoms with E-state index in [-0.39, 0.29) is 29.7 Å². The van der Waals surface area contributed by atoms with Crippen LogP contribution in [0.15, 0.2) is 41.7 Å². The lowest BCUT2D eigenvalue weighted by Gasteiger charge is -2.15. The first kappa shape index (κ1) is 23.1. The lowest BCUT2D eigenvalue weighted by atomic mass is 10.1. The Morgan fingerprint density at radius 2 is 1.96 bits per heavy atom. The van der Waals surface area contributed by atoms with Crippen LogP contribution in [0.4, 0.5) is 8.78 Å². The fourth-order valence-corrected chi connectivity index (χ4v) is 2.56. The summed E-state index contributed by atoms with van der Waals surface area (Å²) >= 11 is 0. The van der Waals surface area contributed by atoms with Gasteiger partial charge in [-0.05, 0) is 43.5 Å². The number of halogens is 3. The minimum absolute atomic E-state index is 0. The Morgan fingerprint density at radius 3 is 2.63 bits per heavy atom. The average Bonchev–Trinajstić information content (AvgIpc) is 2.61. The molecule has 0 spiro atoms. The van der Waals surface area contributed by atoms with Crippen LogP contribution in [-0.4, -0.2) is 31.1 Å². The number of aryl methyl sites for hydroxylation is 2. The van der Waals surface area contributed by atoms with E-state index in [9.17, 15) is 8.78 Å². The summed E-state index contributed by atoms with van der Waals surface area (Å²) in [5.74, 6) is 0.766. The van der Waals surface area contributed by atoms with Crippen molar-refractivity contribution in [1.82, 2.24) is 15.6 Å². The smallest absolute Gasteiger partial charge is 0.387 e. The number of nitrogens with one attached hydrogen (secondary N) is 2. The van der Waals surface area contributed by atoms with Gasteiger partial charge in [-0.15, -0.1) is 24.0 Å². The second-order valence-electron chi connectivity index (χ2n) is 5.89. The van der Waals surface area contributed by atoms with Crippen LogP contribution in [0.5, 0.6) is 5.75 Å². The summed E-state index contributed by atoms with van der Waals surface area (Å²) in [4.78, 5) is 8.24. The van der Waals surface area contributed by atoms with Gasteiger partial charge < -0.3 is 15.4 Å². The first-order valence-corrected chi connectivity index (χ1v) is 8.38. The van der Waals surface area contributed by atoms with Gasteiger partial charge in [0.25, 0.3) is 0 Å². The van der Waals surface area contributed by atoms with Crippen molar-refractivity contribution >= 4 is 29.9 Å². The predicted molar refractivity (Wildman–Crippen MR) is 114 cm³/mol. The number of hydrogen-bond acceptors (Lipinski definition) is 3. The van der Waals surface area contributed by atoms with E-state index >= 15 is 0 Å². The van der Waals surface area contributed by atoms with E-state index in [1.54, 1.807) is 25.4 Å². The van der Waals surface area contributed by atoms with E-state index in [4.69, 9.17) is 0 Å². The second-order valence-corrected chi connectivity index (χ2v) is 5.89. The molecule has 27 heavy (non-hydrogen) atoms. The number of aliphatic imine (C=N–C) groups is 1. The third kappa shape index (κ3) is 7.66. The highest BCUT2D eigenvalue weighted by Gasteiger charge is 2.10.